The molecule has 0 spiro atoms. The molecule has 4 heterocycles. The van der Waals surface area contributed by atoms with Gasteiger partial charge < -0.3 is 15.3 Å². The summed E-state index contributed by atoms with van der Waals surface area (Å²) >= 11 is 6.51. The van der Waals surface area contributed by atoms with Gasteiger partial charge in [-0.25, -0.2) is 9.97 Å². The minimum absolute atomic E-state index is 0.210. The molecule has 10 heteroatoms. The van der Waals surface area contributed by atoms with Gasteiger partial charge in [-0.2, -0.15) is 10.2 Å². The van der Waals surface area contributed by atoms with Gasteiger partial charge in [-0.05, 0) is 36.8 Å². The summed E-state index contributed by atoms with van der Waals surface area (Å²) in [6.07, 6.45) is 9.41. The van der Waals surface area contributed by atoms with Crippen LogP contribution in [0.1, 0.15) is 54.2 Å². The molecule has 1 aliphatic heterocycles. The lowest BCUT2D eigenvalue weighted by Gasteiger charge is -2.31. The van der Waals surface area contributed by atoms with E-state index in [1.165, 1.54) is 0 Å². The van der Waals surface area contributed by atoms with Gasteiger partial charge in [0.1, 0.15) is 0 Å². The van der Waals surface area contributed by atoms with Gasteiger partial charge in [-0.3, -0.25) is 9.36 Å². The quantitative estimate of drug-likeness (QED) is 0.365. The van der Waals surface area contributed by atoms with Crippen molar-refractivity contribution in [2.45, 2.75) is 44.6 Å². The topological polar surface area (TPSA) is 96.9 Å². The highest BCUT2D eigenvalue weighted by Gasteiger charge is 2.30. The summed E-state index contributed by atoms with van der Waals surface area (Å²) in [5, 5.41) is 22.8. The fourth-order valence-corrected chi connectivity index (χ4v) is 5.96. The minimum Gasteiger partial charge on any atom is -0.395 e. The third kappa shape index (κ3) is 4.81. The monoisotopic (exact) mass is 532 g/mol. The minimum atomic E-state index is 0.210. The number of aryl methyl sites for hydroxylation is 1. The Morgan fingerprint density at radius 2 is 1.97 bits per heavy atom. The number of nitrogens with one attached hydrogen (secondary N) is 1. The zero-order valence-electron chi connectivity index (χ0n) is 21.8. The molecule has 0 saturated carbocycles. The smallest absolute Gasteiger partial charge is 0.227 e. The van der Waals surface area contributed by atoms with Gasteiger partial charge in [-0.1, -0.05) is 36.7 Å². The van der Waals surface area contributed by atoms with Crippen LogP contribution in [0, 0.1) is 0 Å². The second kappa shape index (κ2) is 10.5. The maximum atomic E-state index is 9.19. The SMILES string of the molecule is CC1Cc2nn(C)c(Cc3ccccc3Cl)c2-c2nc(Nc3cnn(C4CCN(CCO)CC4)c3)ncc21. The maximum absolute atomic E-state index is 9.19. The molecule has 198 valence electrons. The first-order valence-electron chi connectivity index (χ1n) is 13.3. The molecular formula is C28H33ClN8O. The summed E-state index contributed by atoms with van der Waals surface area (Å²) in [6.45, 7) is 5.11. The normalized spacial score (nSPS) is 17.8. The first-order valence-corrected chi connectivity index (χ1v) is 13.7. The molecule has 9 nitrogen and oxygen atoms in total. The number of fused-ring (bicyclic) bond motifs is 3. The predicted molar refractivity (Wildman–Crippen MR) is 148 cm³/mol. The van der Waals surface area contributed by atoms with Crippen molar-refractivity contribution in [3.63, 3.8) is 0 Å². The fraction of sp³-hybridized carbons (Fsp3) is 0.429. The highest BCUT2D eigenvalue weighted by molar-refractivity contribution is 6.31. The lowest BCUT2D eigenvalue weighted by atomic mass is 9.85. The van der Waals surface area contributed by atoms with Crippen molar-refractivity contribution < 1.29 is 5.11 Å². The molecule has 38 heavy (non-hydrogen) atoms. The molecule has 3 aromatic heterocycles. The molecular weight excluding hydrogens is 500 g/mol. The van der Waals surface area contributed by atoms with Crippen molar-refractivity contribution in [2.75, 3.05) is 31.6 Å². The number of aromatic nitrogens is 6. The van der Waals surface area contributed by atoms with Crippen LogP contribution in [0.2, 0.25) is 5.02 Å². The summed E-state index contributed by atoms with van der Waals surface area (Å²) in [5.74, 6) is 0.836. The molecule has 0 bridgehead atoms. The summed E-state index contributed by atoms with van der Waals surface area (Å²) in [7, 11) is 2.00. The Bertz CT molecular complexity index is 1440. The number of anilines is 2. The van der Waals surface area contributed by atoms with Gasteiger partial charge in [-0.15, -0.1) is 0 Å². The van der Waals surface area contributed by atoms with Crippen LogP contribution in [0.4, 0.5) is 11.6 Å². The molecule has 0 radical (unpaired) electrons. The van der Waals surface area contributed by atoms with Gasteiger partial charge >= 0.3 is 0 Å². The number of piperidine rings is 1. The van der Waals surface area contributed by atoms with E-state index >= 15 is 0 Å². The van der Waals surface area contributed by atoms with Crippen LogP contribution in [0.3, 0.4) is 0 Å². The van der Waals surface area contributed by atoms with E-state index in [4.69, 9.17) is 21.7 Å². The molecule has 6 rings (SSSR count). The van der Waals surface area contributed by atoms with Gasteiger partial charge in [0.15, 0.2) is 0 Å². The average Bonchev–Trinajstić information content (AvgIpc) is 3.50. The Balaban J connectivity index is 1.26. The van der Waals surface area contributed by atoms with Crippen LogP contribution in [0.25, 0.3) is 11.3 Å². The van der Waals surface area contributed by atoms with E-state index in [9.17, 15) is 5.11 Å². The van der Waals surface area contributed by atoms with Gasteiger partial charge in [0.25, 0.3) is 0 Å². The van der Waals surface area contributed by atoms with Crippen molar-refractivity contribution in [1.29, 1.82) is 0 Å². The number of aliphatic hydroxyl groups excluding tert-OH is 1. The van der Waals surface area contributed by atoms with Crippen LogP contribution < -0.4 is 5.32 Å². The van der Waals surface area contributed by atoms with Crippen LogP contribution >= 0.6 is 11.6 Å². The summed E-state index contributed by atoms with van der Waals surface area (Å²) < 4.78 is 4.01. The number of likely N-dealkylation sites (tertiary alicyclic amines) is 1. The van der Waals surface area contributed by atoms with E-state index in [2.05, 4.69) is 33.3 Å². The van der Waals surface area contributed by atoms with Crippen molar-refractivity contribution in [3.05, 3.63) is 70.4 Å². The number of benzene rings is 1. The van der Waals surface area contributed by atoms with Crippen LogP contribution in [0.5, 0.6) is 0 Å². The number of halogens is 1. The highest BCUT2D eigenvalue weighted by atomic mass is 35.5. The molecule has 1 aliphatic carbocycles. The van der Waals surface area contributed by atoms with Crippen molar-refractivity contribution >= 4 is 23.2 Å². The van der Waals surface area contributed by atoms with Gasteiger partial charge in [0.05, 0.1) is 41.6 Å². The highest BCUT2D eigenvalue weighted by Crippen LogP contribution is 2.41. The second-order valence-electron chi connectivity index (χ2n) is 10.4. The fourth-order valence-electron chi connectivity index (χ4n) is 5.75. The van der Waals surface area contributed by atoms with E-state index in [0.717, 1.165) is 83.4 Å². The molecule has 2 aliphatic rings. The molecule has 4 aromatic rings. The zero-order valence-corrected chi connectivity index (χ0v) is 22.6. The standard InChI is InChI=1S/C28H33ClN8O/c1-18-13-24-26(25(35(2)34-24)14-19-5-3-4-6-23(19)29)27-22(18)16-30-28(33-27)32-20-15-31-37(17-20)21-7-9-36(10-8-21)11-12-38/h3-6,15-18,21,38H,7-14H2,1-2H3,(H,30,32,33). The van der Waals surface area contributed by atoms with Crippen LogP contribution in [0.15, 0.2) is 42.9 Å². The second-order valence-corrected chi connectivity index (χ2v) is 10.8. The lowest BCUT2D eigenvalue weighted by molar-refractivity contribution is 0.146. The first-order chi connectivity index (χ1) is 18.5. The Morgan fingerprint density at radius 3 is 2.76 bits per heavy atom. The van der Waals surface area contributed by atoms with Crippen molar-refractivity contribution in [2.24, 2.45) is 7.05 Å². The predicted octanol–water partition coefficient (Wildman–Crippen LogP) is 4.35. The Labute approximate surface area is 227 Å². The van der Waals surface area contributed by atoms with E-state index in [-0.39, 0.29) is 12.5 Å². The Hall–Kier alpha value is -3.27. The molecule has 1 fully saturated rings. The van der Waals surface area contributed by atoms with Gasteiger partial charge in [0.2, 0.25) is 5.95 Å². The number of rotatable bonds is 7. The van der Waals surface area contributed by atoms with Gasteiger partial charge in [0, 0.05) is 61.6 Å². The molecule has 2 N–H and O–H groups in total. The van der Waals surface area contributed by atoms with Crippen LogP contribution in [-0.2, 0) is 19.9 Å². The molecule has 1 unspecified atom stereocenters. The third-order valence-corrected chi connectivity index (χ3v) is 8.21. The van der Waals surface area contributed by atoms with E-state index in [1.54, 1.807) is 0 Å². The average molecular weight is 533 g/mol. The molecule has 1 aromatic carbocycles. The number of hydrogen-bond donors (Lipinski definition) is 2. The summed E-state index contributed by atoms with van der Waals surface area (Å²) in [6, 6.07) is 8.32. The van der Waals surface area contributed by atoms with Crippen molar-refractivity contribution in [3.8, 4) is 11.3 Å². The molecule has 1 atom stereocenters. The van der Waals surface area contributed by atoms with E-state index in [0.29, 0.717) is 18.4 Å². The Morgan fingerprint density at radius 1 is 1.16 bits per heavy atom. The number of aliphatic hydroxyl groups is 1. The largest absolute Gasteiger partial charge is 0.395 e. The summed E-state index contributed by atoms with van der Waals surface area (Å²) in [4.78, 5) is 12.0. The Kier molecular flexibility index (Phi) is 6.90. The number of hydrogen-bond acceptors (Lipinski definition) is 7. The van der Waals surface area contributed by atoms with Crippen LogP contribution in [-0.4, -0.2) is 65.8 Å². The first kappa shape index (κ1) is 25.0. The zero-order chi connectivity index (χ0) is 26.2. The maximum Gasteiger partial charge on any atom is 0.227 e. The molecule has 1 saturated heterocycles. The number of nitrogens with zero attached hydrogens (tertiary/aromatic N) is 7. The van der Waals surface area contributed by atoms with Crippen molar-refractivity contribution in [1.82, 2.24) is 34.4 Å². The molecule has 0 amide bonds. The summed E-state index contributed by atoms with van der Waals surface area (Å²) in [5.41, 5.74) is 7.29. The van der Waals surface area contributed by atoms with E-state index < -0.39 is 0 Å². The lowest BCUT2D eigenvalue weighted by Crippen LogP contribution is -2.36. The third-order valence-electron chi connectivity index (χ3n) is 7.84. The number of β-amino-alcohol motifs (C(OH)–C–C–N with tert-alkyl or cyclic N) is 1. The van der Waals surface area contributed by atoms with E-state index in [1.807, 2.05) is 53.2 Å².